The van der Waals surface area contributed by atoms with Crippen LogP contribution in [0.3, 0.4) is 0 Å². The summed E-state index contributed by atoms with van der Waals surface area (Å²) in [6, 6.07) is 10.8. The third-order valence-electron chi connectivity index (χ3n) is 10.3. The van der Waals surface area contributed by atoms with Gasteiger partial charge >= 0.3 is 6.09 Å². The van der Waals surface area contributed by atoms with Gasteiger partial charge in [-0.15, -0.1) is 6.58 Å². The smallest absolute Gasteiger partial charge is 0.409 e. The van der Waals surface area contributed by atoms with Crippen molar-refractivity contribution >= 4 is 17.5 Å². The maximum absolute atomic E-state index is 13.3. The first-order valence-corrected chi connectivity index (χ1v) is 18.4. The average Bonchev–Trinajstić information content (AvgIpc) is 3.13. The number of rotatable bonds is 16. The summed E-state index contributed by atoms with van der Waals surface area (Å²) in [4.78, 5) is 32.0. The molecule has 0 spiro atoms. The normalized spacial score (nSPS) is 25.3. The Kier molecular flexibility index (Phi) is 12.8. The van der Waals surface area contributed by atoms with E-state index in [9.17, 15) is 25.1 Å². The highest BCUT2D eigenvalue weighted by molar-refractivity contribution is 6.03. The van der Waals surface area contributed by atoms with Crippen molar-refractivity contribution in [2.45, 2.75) is 89.1 Å². The molecule has 1 heterocycles. The van der Waals surface area contributed by atoms with Crippen molar-refractivity contribution in [3.8, 4) is 17.2 Å². The van der Waals surface area contributed by atoms with Crippen LogP contribution in [0.5, 0.6) is 17.2 Å². The maximum Gasteiger partial charge on any atom is 0.409 e. The van der Waals surface area contributed by atoms with Crippen LogP contribution in [0.4, 0.5) is 10.5 Å². The Hall–Kier alpha value is -4.46. The highest BCUT2D eigenvalue weighted by Gasteiger charge is 2.65. The summed E-state index contributed by atoms with van der Waals surface area (Å²) in [5.41, 5.74) is 1.75. The van der Waals surface area contributed by atoms with E-state index in [2.05, 4.69) is 12.7 Å². The van der Waals surface area contributed by atoms with Gasteiger partial charge in [0.2, 0.25) is 5.79 Å². The number of non-ortho nitro benzene ring substituents is 1. The van der Waals surface area contributed by atoms with Crippen molar-refractivity contribution in [1.82, 2.24) is 4.90 Å². The number of ether oxygens (including phenoxy) is 4. The van der Waals surface area contributed by atoms with Gasteiger partial charge in [0.1, 0.15) is 28.9 Å². The number of benzene rings is 2. The number of hydrogen-bond acceptors (Lipinski definition) is 11. The lowest BCUT2D eigenvalue weighted by molar-refractivity contribution is -0.384. The third-order valence-corrected chi connectivity index (χ3v) is 10.3. The Morgan fingerprint density at radius 1 is 1.11 bits per heavy atom. The molecule has 13 nitrogen and oxygen atoms in total. The van der Waals surface area contributed by atoms with E-state index in [0.717, 1.165) is 36.8 Å². The molecule has 1 fully saturated rings. The molecule has 2 aliphatic carbocycles. The number of aliphatic hydroxyl groups excluding tert-OH is 2. The van der Waals surface area contributed by atoms with E-state index < -0.39 is 34.4 Å². The Labute approximate surface area is 311 Å². The van der Waals surface area contributed by atoms with Gasteiger partial charge in [-0.25, -0.2) is 4.79 Å². The molecule has 288 valence electrons. The van der Waals surface area contributed by atoms with Crippen LogP contribution in [0.1, 0.15) is 77.2 Å². The fourth-order valence-corrected chi connectivity index (χ4v) is 8.05. The van der Waals surface area contributed by atoms with Gasteiger partial charge in [-0.05, 0) is 88.1 Å². The van der Waals surface area contributed by atoms with Crippen LogP contribution in [0.2, 0.25) is 0 Å². The van der Waals surface area contributed by atoms with Gasteiger partial charge in [0.15, 0.2) is 0 Å². The summed E-state index contributed by atoms with van der Waals surface area (Å²) in [6.45, 7) is 9.98. The van der Waals surface area contributed by atoms with Gasteiger partial charge in [0.25, 0.3) is 5.69 Å². The number of fused-ring (bicyclic) bond motifs is 2. The largest absolute Gasteiger partial charge is 0.459 e. The number of nitro groups is 1. The second-order valence-corrected chi connectivity index (χ2v) is 14.9. The molecule has 2 N–H and O–H groups in total. The summed E-state index contributed by atoms with van der Waals surface area (Å²) in [5.74, 6) is -0.754. The average molecular weight is 736 g/mol. The van der Waals surface area contributed by atoms with Crippen LogP contribution < -0.4 is 9.47 Å². The molecule has 2 aromatic rings. The topological polar surface area (TPSA) is 162 Å². The minimum Gasteiger partial charge on any atom is -0.459 e. The van der Waals surface area contributed by atoms with Gasteiger partial charge in [-0.1, -0.05) is 36.2 Å². The summed E-state index contributed by atoms with van der Waals surface area (Å²) in [6.07, 6.45) is 8.03. The van der Waals surface area contributed by atoms with E-state index in [1.54, 1.807) is 31.3 Å². The first-order chi connectivity index (χ1) is 25.4. The minimum atomic E-state index is -1.41. The number of amides is 1. The Morgan fingerprint density at radius 2 is 1.83 bits per heavy atom. The Morgan fingerprint density at radius 3 is 2.49 bits per heavy atom. The lowest BCUT2D eigenvalue weighted by Gasteiger charge is -2.59. The van der Waals surface area contributed by atoms with Gasteiger partial charge in [0, 0.05) is 44.2 Å². The van der Waals surface area contributed by atoms with Crippen molar-refractivity contribution < 1.29 is 43.7 Å². The van der Waals surface area contributed by atoms with Crippen LogP contribution in [0.25, 0.3) is 0 Å². The first-order valence-electron chi connectivity index (χ1n) is 18.4. The fraction of sp³-hybridized carbons (Fsp3) is 0.550. The Bertz CT molecular complexity index is 1690. The molecule has 1 saturated carbocycles. The maximum atomic E-state index is 13.3. The second kappa shape index (κ2) is 17.1. The molecular weight excluding hydrogens is 682 g/mol. The number of nitrogens with zero attached hydrogens (tertiary/aromatic N) is 3. The molecular formula is C40H53N3O10. The van der Waals surface area contributed by atoms with Gasteiger partial charge in [0.05, 0.1) is 36.3 Å². The number of aliphatic hydroxyl groups is 2. The molecule has 1 aliphatic heterocycles. The number of carbonyl (C=O) groups excluding carboxylic acids is 1. The van der Waals surface area contributed by atoms with Crippen LogP contribution in [0.15, 0.2) is 71.9 Å². The minimum absolute atomic E-state index is 0.0170. The molecule has 0 bridgehead atoms. The molecule has 0 saturated heterocycles. The number of allylic oxidation sites excluding steroid dienone is 1. The standard InChI is InChI=1S/C40H53N3O10/c1-7-21-50-40-35(42(5)38(46)49-6)25-33(41-53-39(2,3)4)31-22-26(13-8-10-19-44)30(16-9-11-20-45)36(37(31)40)32-24-29(17-18-34(32)52-40)51-28-15-12-14-27(23-28)43(47)48/h7,12,14-15,17-18,22-24,26,30,35-37,44-45H,1,8-11,13,16,19-21,25H2,2-6H3. The van der Waals surface area contributed by atoms with Crippen LogP contribution in [-0.2, 0) is 14.3 Å². The van der Waals surface area contributed by atoms with Crippen molar-refractivity contribution in [2.24, 2.45) is 22.9 Å². The van der Waals surface area contributed by atoms with E-state index in [1.807, 2.05) is 32.9 Å². The van der Waals surface area contributed by atoms with Crippen LogP contribution >= 0.6 is 0 Å². The summed E-state index contributed by atoms with van der Waals surface area (Å²) in [7, 11) is 3.00. The van der Waals surface area contributed by atoms with Gasteiger partial charge in [-0.3, -0.25) is 10.1 Å². The first kappa shape index (κ1) is 39.7. The number of nitro benzene ring substituents is 1. The number of methoxy groups -OCH3 is 1. The predicted octanol–water partition coefficient (Wildman–Crippen LogP) is 7.52. The number of oxime groups is 1. The van der Waals surface area contributed by atoms with Gasteiger partial charge < -0.3 is 38.9 Å². The van der Waals surface area contributed by atoms with Crippen molar-refractivity contribution in [3.63, 3.8) is 0 Å². The SMILES string of the molecule is C=CCOC12Oc3ccc(Oc4cccc([N+](=O)[O-])c4)cc3C3C(CCCCO)C(CCCCO)C=C(C(=NOC(C)(C)C)CC1N(C)C(=O)OC)C32. The zero-order valence-electron chi connectivity index (χ0n) is 31.4. The molecule has 0 aromatic heterocycles. The molecule has 0 radical (unpaired) electrons. The number of unbranched alkanes of at least 4 members (excludes halogenated alkanes) is 2. The molecule has 3 aliphatic rings. The lowest BCUT2D eigenvalue weighted by atomic mass is 9.55. The number of carbonyl (C=O) groups is 1. The summed E-state index contributed by atoms with van der Waals surface area (Å²) >= 11 is 0. The third kappa shape index (κ3) is 8.69. The summed E-state index contributed by atoms with van der Waals surface area (Å²) < 4.78 is 25.4. The second-order valence-electron chi connectivity index (χ2n) is 14.9. The van der Waals surface area contributed by atoms with E-state index in [4.69, 9.17) is 28.9 Å². The molecule has 13 heteroatoms. The monoisotopic (exact) mass is 735 g/mol. The van der Waals surface area contributed by atoms with Crippen molar-refractivity contribution in [2.75, 3.05) is 34.0 Å². The molecule has 6 atom stereocenters. The van der Waals surface area contributed by atoms with Crippen molar-refractivity contribution in [3.05, 3.63) is 82.4 Å². The van der Waals surface area contributed by atoms with E-state index in [0.29, 0.717) is 35.8 Å². The molecule has 6 unspecified atom stereocenters. The molecule has 5 rings (SSSR count). The van der Waals surface area contributed by atoms with E-state index in [-0.39, 0.29) is 49.7 Å². The van der Waals surface area contributed by atoms with Gasteiger partial charge in [-0.2, -0.15) is 0 Å². The van der Waals surface area contributed by atoms with E-state index in [1.165, 1.54) is 24.1 Å². The van der Waals surface area contributed by atoms with Crippen LogP contribution in [-0.4, -0.2) is 83.2 Å². The quantitative estimate of drug-likeness (QED) is 0.0763. The predicted molar refractivity (Wildman–Crippen MR) is 199 cm³/mol. The van der Waals surface area contributed by atoms with E-state index >= 15 is 0 Å². The molecule has 1 amide bonds. The van der Waals surface area contributed by atoms with Crippen molar-refractivity contribution in [1.29, 1.82) is 0 Å². The lowest BCUT2D eigenvalue weighted by Crippen LogP contribution is -2.69. The zero-order valence-corrected chi connectivity index (χ0v) is 31.4. The Balaban J connectivity index is 1.76. The number of hydrogen-bond donors (Lipinski definition) is 2. The fourth-order valence-electron chi connectivity index (χ4n) is 8.05. The zero-order chi connectivity index (χ0) is 38.3. The molecule has 2 aromatic carbocycles. The number of likely N-dealkylation sites (N-methyl/N-ethyl adjacent to an activating group) is 1. The highest BCUT2D eigenvalue weighted by Crippen LogP contribution is 2.62. The van der Waals surface area contributed by atoms with Crippen LogP contribution in [0, 0.1) is 27.9 Å². The molecule has 53 heavy (non-hydrogen) atoms. The highest BCUT2D eigenvalue weighted by atomic mass is 16.7. The summed E-state index contributed by atoms with van der Waals surface area (Å²) in [5, 5.41) is 35.8.